The summed E-state index contributed by atoms with van der Waals surface area (Å²) in [4.78, 5) is 64.7. The molecular formula is C16H18N2O13P2. The lowest BCUT2D eigenvalue weighted by atomic mass is 10.1. The second-order valence-electron chi connectivity index (χ2n) is 6.65. The average molecular weight is 508 g/mol. The molecule has 5 atom stereocenters. The average Bonchev–Trinajstić information content (AvgIpc) is 3.01. The van der Waals surface area contributed by atoms with Crippen LogP contribution in [0, 0.1) is 0 Å². The summed E-state index contributed by atoms with van der Waals surface area (Å²) >= 11 is 0. The quantitative estimate of drug-likeness (QED) is 0.219. The van der Waals surface area contributed by atoms with Crippen molar-refractivity contribution in [2.45, 2.75) is 24.5 Å². The highest BCUT2D eigenvalue weighted by atomic mass is 31.3. The third-order valence-electron chi connectivity index (χ3n) is 4.30. The van der Waals surface area contributed by atoms with Crippen LogP contribution in [0.5, 0.6) is 0 Å². The van der Waals surface area contributed by atoms with Crippen LogP contribution in [-0.4, -0.2) is 60.2 Å². The second kappa shape index (κ2) is 9.81. The summed E-state index contributed by atoms with van der Waals surface area (Å²) in [5.41, 5.74) is -1.61. The number of aromatic nitrogens is 2. The van der Waals surface area contributed by atoms with Gasteiger partial charge in [0.15, 0.2) is 12.3 Å². The Morgan fingerprint density at radius 2 is 1.79 bits per heavy atom. The first-order valence-electron chi connectivity index (χ1n) is 9.01. The number of hydrogen-bond donors (Lipinski definition) is 5. The van der Waals surface area contributed by atoms with Gasteiger partial charge in [0, 0.05) is 12.3 Å². The third-order valence-corrected chi connectivity index (χ3v) is 6.45. The summed E-state index contributed by atoms with van der Waals surface area (Å²) in [5.74, 6) is -0.915. The van der Waals surface area contributed by atoms with E-state index in [1.165, 1.54) is 12.1 Å². The molecule has 1 aliphatic heterocycles. The minimum absolute atomic E-state index is 0.0895. The Balaban J connectivity index is 1.85. The van der Waals surface area contributed by atoms with Crippen molar-refractivity contribution in [3.63, 3.8) is 0 Å². The van der Waals surface area contributed by atoms with Gasteiger partial charge < -0.3 is 29.3 Å². The van der Waals surface area contributed by atoms with Crippen LogP contribution in [0.1, 0.15) is 16.6 Å². The SMILES string of the molecule is O=C(O[C@H]1[C@@H](O)[C@H](n2ccc(=O)[nH]c2=O)O[C@@H]1COP(=O)(O)OP(=O)(O)O)c1ccccc1. The lowest BCUT2D eigenvalue weighted by Gasteiger charge is -2.21. The number of phosphoric acid groups is 2. The van der Waals surface area contributed by atoms with Gasteiger partial charge in [0.2, 0.25) is 0 Å². The van der Waals surface area contributed by atoms with E-state index in [0.717, 1.165) is 16.8 Å². The minimum Gasteiger partial charge on any atom is -0.453 e. The third kappa shape index (κ3) is 6.54. The maximum Gasteiger partial charge on any atom is 0.481 e. The second-order valence-corrected chi connectivity index (χ2v) is 9.48. The van der Waals surface area contributed by atoms with Crippen molar-refractivity contribution in [3.8, 4) is 0 Å². The zero-order chi connectivity index (χ0) is 24.4. The summed E-state index contributed by atoms with van der Waals surface area (Å²) in [7, 11) is -10.7. The first kappa shape index (κ1) is 25.2. The largest absolute Gasteiger partial charge is 0.481 e. The van der Waals surface area contributed by atoms with Crippen LogP contribution < -0.4 is 11.2 Å². The van der Waals surface area contributed by atoms with Crippen molar-refractivity contribution in [2.24, 2.45) is 0 Å². The predicted octanol–water partition coefficient (Wildman–Crippen LogP) is -0.753. The van der Waals surface area contributed by atoms with Gasteiger partial charge in [-0.1, -0.05) is 18.2 Å². The van der Waals surface area contributed by atoms with Crippen LogP contribution in [0.2, 0.25) is 0 Å². The summed E-state index contributed by atoms with van der Waals surface area (Å²) in [6.07, 6.45) is -5.33. The first-order chi connectivity index (χ1) is 15.4. The van der Waals surface area contributed by atoms with E-state index in [0.29, 0.717) is 0 Å². The van der Waals surface area contributed by atoms with Crippen molar-refractivity contribution in [1.29, 1.82) is 0 Å². The Kier molecular flexibility index (Phi) is 7.49. The number of nitrogens with one attached hydrogen (secondary N) is 1. The molecule has 0 saturated carbocycles. The van der Waals surface area contributed by atoms with E-state index in [-0.39, 0.29) is 5.56 Å². The monoisotopic (exact) mass is 508 g/mol. The Labute approximate surface area is 184 Å². The summed E-state index contributed by atoms with van der Waals surface area (Å²) in [5, 5.41) is 10.7. The van der Waals surface area contributed by atoms with E-state index >= 15 is 0 Å². The molecule has 1 unspecified atom stereocenters. The fourth-order valence-electron chi connectivity index (χ4n) is 2.95. The number of rotatable bonds is 8. The van der Waals surface area contributed by atoms with E-state index in [1.54, 1.807) is 18.2 Å². The molecule has 0 aliphatic carbocycles. The molecule has 1 fully saturated rings. The molecule has 1 saturated heterocycles. The van der Waals surface area contributed by atoms with Gasteiger partial charge in [-0.25, -0.2) is 18.7 Å². The summed E-state index contributed by atoms with van der Waals surface area (Å²) in [6.45, 7) is -0.952. The fraction of sp³-hybridized carbons (Fsp3) is 0.312. The van der Waals surface area contributed by atoms with Gasteiger partial charge in [0.25, 0.3) is 5.56 Å². The molecule has 33 heavy (non-hydrogen) atoms. The van der Waals surface area contributed by atoms with Gasteiger partial charge >= 0.3 is 27.3 Å². The summed E-state index contributed by atoms with van der Waals surface area (Å²) < 4.78 is 42.3. The number of hydrogen-bond acceptors (Lipinski definition) is 10. The van der Waals surface area contributed by atoms with Gasteiger partial charge in [-0.3, -0.25) is 18.9 Å². The smallest absolute Gasteiger partial charge is 0.453 e. The van der Waals surface area contributed by atoms with Gasteiger partial charge in [-0.15, -0.1) is 0 Å². The normalized spacial score (nSPS) is 24.8. The van der Waals surface area contributed by atoms with Crippen LogP contribution in [0.15, 0.2) is 52.2 Å². The molecule has 0 bridgehead atoms. The van der Waals surface area contributed by atoms with Gasteiger partial charge in [0.05, 0.1) is 12.2 Å². The van der Waals surface area contributed by atoms with Gasteiger partial charge in [-0.2, -0.15) is 4.31 Å². The van der Waals surface area contributed by atoms with Crippen molar-refractivity contribution >= 4 is 21.6 Å². The van der Waals surface area contributed by atoms with Crippen LogP contribution in [0.4, 0.5) is 0 Å². The van der Waals surface area contributed by atoms with E-state index in [2.05, 4.69) is 8.83 Å². The lowest BCUT2D eigenvalue weighted by molar-refractivity contribution is -0.0554. The number of benzene rings is 1. The zero-order valence-electron chi connectivity index (χ0n) is 16.4. The fourth-order valence-corrected chi connectivity index (χ4v) is 4.55. The molecule has 1 aromatic heterocycles. The molecule has 0 spiro atoms. The van der Waals surface area contributed by atoms with Gasteiger partial charge in [0.1, 0.15) is 12.2 Å². The topological polar surface area (TPSA) is 224 Å². The highest BCUT2D eigenvalue weighted by molar-refractivity contribution is 7.60. The molecule has 15 nitrogen and oxygen atoms in total. The number of carbonyl (C=O) groups is 1. The Morgan fingerprint density at radius 1 is 1.12 bits per heavy atom. The van der Waals surface area contributed by atoms with Crippen LogP contribution >= 0.6 is 15.6 Å². The maximum absolute atomic E-state index is 12.5. The molecule has 1 aromatic carbocycles. The van der Waals surface area contributed by atoms with Gasteiger partial charge in [-0.05, 0) is 12.1 Å². The molecule has 2 heterocycles. The first-order valence-corrected chi connectivity index (χ1v) is 12.0. The number of H-pyrrole nitrogens is 1. The molecule has 180 valence electrons. The van der Waals surface area contributed by atoms with E-state index in [1.807, 2.05) is 4.98 Å². The Hall–Kier alpha value is -2.45. The van der Waals surface area contributed by atoms with Crippen LogP contribution in [0.25, 0.3) is 0 Å². The number of aromatic amines is 1. The van der Waals surface area contributed by atoms with E-state index in [9.17, 15) is 33.5 Å². The standard InChI is InChI=1S/C16H18N2O13P2/c19-11-6-7-18(16(22)17-11)14-12(20)13(30-15(21)9-4-2-1-3-5-9)10(29-14)8-28-33(26,27)31-32(23,24)25/h1-7,10,12-14,20H,8H2,(H,26,27)(H,17,19,22)(H2,23,24,25)/t10-,12-,13-,14-/m1/s1. The Morgan fingerprint density at radius 3 is 2.39 bits per heavy atom. The van der Waals surface area contributed by atoms with Crippen molar-refractivity contribution in [1.82, 2.24) is 9.55 Å². The number of aliphatic hydroxyl groups is 1. The predicted molar refractivity (Wildman–Crippen MR) is 106 cm³/mol. The number of esters is 1. The number of phosphoric ester groups is 1. The highest BCUT2D eigenvalue weighted by Crippen LogP contribution is 2.57. The number of carbonyl (C=O) groups excluding carboxylic acids is 1. The van der Waals surface area contributed by atoms with Crippen molar-refractivity contribution in [2.75, 3.05) is 6.61 Å². The number of ether oxygens (including phenoxy) is 2. The molecule has 2 aromatic rings. The highest BCUT2D eigenvalue weighted by Gasteiger charge is 2.49. The molecular weight excluding hydrogens is 490 g/mol. The van der Waals surface area contributed by atoms with Crippen molar-refractivity contribution in [3.05, 3.63) is 69.0 Å². The summed E-state index contributed by atoms with van der Waals surface area (Å²) in [6, 6.07) is 8.51. The molecule has 1 aliphatic rings. The maximum atomic E-state index is 12.5. The molecule has 0 radical (unpaired) electrons. The zero-order valence-corrected chi connectivity index (χ0v) is 18.2. The number of aliphatic hydroxyl groups excluding tert-OH is 1. The Bertz CT molecular complexity index is 1210. The minimum atomic E-state index is -5.40. The van der Waals surface area contributed by atoms with Crippen molar-refractivity contribution < 1.29 is 52.0 Å². The van der Waals surface area contributed by atoms with Crippen LogP contribution in [0.3, 0.4) is 0 Å². The molecule has 0 amide bonds. The molecule has 5 N–H and O–H groups in total. The van der Waals surface area contributed by atoms with E-state index < -0.39 is 64.0 Å². The van der Waals surface area contributed by atoms with Crippen LogP contribution in [-0.2, 0) is 27.4 Å². The van der Waals surface area contributed by atoms with E-state index in [4.69, 9.17) is 19.3 Å². The number of nitrogens with zero attached hydrogens (tertiary/aromatic N) is 1. The lowest BCUT2D eigenvalue weighted by Crippen LogP contribution is -2.40. The molecule has 17 heteroatoms. The molecule has 3 rings (SSSR count).